The van der Waals surface area contributed by atoms with Gasteiger partial charge in [0.05, 0.1) is 0 Å². The minimum absolute atomic E-state index is 0.207. The molecule has 1 rings (SSSR count). The van der Waals surface area contributed by atoms with Gasteiger partial charge in [0.2, 0.25) is 11.8 Å². The van der Waals surface area contributed by atoms with Gasteiger partial charge in [-0.05, 0) is 84.4 Å². The maximum atomic E-state index is 14.3. The second-order valence-corrected chi connectivity index (χ2v) is 13.1. The number of nitrogens with one attached hydrogen (secondary N) is 2. The highest BCUT2D eigenvalue weighted by Gasteiger charge is 2.39. The van der Waals surface area contributed by atoms with Gasteiger partial charge in [0, 0.05) is 12.1 Å². The third kappa shape index (κ3) is 12.0. The van der Waals surface area contributed by atoms with Crippen LogP contribution < -0.4 is 10.6 Å². The molecule has 7 heteroatoms. The normalized spacial score (nSPS) is 13.5. The summed E-state index contributed by atoms with van der Waals surface area (Å²) in [5.41, 5.74) is 1.56. The van der Waals surface area contributed by atoms with Crippen LogP contribution in [0.1, 0.15) is 124 Å². The molecule has 3 amide bonds. The standard InChI is InChI=1S/C32H55N3O4/c1-12-13-14-15-16-17-21-35(29(37)26(22(2)3)33-30(38)39-32(9,10)11)27(28(36)34-31(6,7)8)25-23(4)19-18-20-24(25)5/h18-20,22,26-27H,12-17,21H2,1-11H3,(H,33,38)(H,34,36). The number of carbonyl (C=O) groups excluding carboxylic acids is 3. The predicted octanol–water partition coefficient (Wildman–Crippen LogP) is 7.00. The smallest absolute Gasteiger partial charge is 0.408 e. The topological polar surface area (TPSA) is 87.7 Å². The molecule has 1 aromatic carbocycles. The Kier molecular flexibility index (Phi) is 13.5. The third-order valence-corrected chi connectivity index (χ3v) is 6.51. The summed E-state index contributed by atoms with van der Waals surface area (Å²) >= 11 is 0. The van der Waals surface area contributed by atoms with Crippen molar-refractivity contribution in [1.29, 1.82) is 0 Å². The fourth-order valence-corrected chi connectivity index (χ4v) is 4.68. The van der Waals surface area contributed by atoms with E-state index in [1.54, 1.807) is 25.7 Å². The second-order valence-electron chi connectivity index (χ2n) is 13.1. The van der Waals surface area contributed by atoms with E-state index in [2.05, 4.69) is 17.6 Å². The lowest BCUT2D eigenvalue weighted by Crippen LogP contribution is -2.56. The van der Waals surface area contributed by atoms with Crippen molar-refractivity contribution in [2.75, 3.05) is 6.54 Å². The number of rotatable bonds is 13. The molecular weight excluding hydrogens is 490 g/mol. The van der Waals surface area contributed by atoms with Gasteiger partial charge in [-0.2, -0.15) is 0 Å². The number of ether oxygens (including phenoxy) is 1. The largest absolute Gasteiger partial charge is 0.444 e. The first-order valence-corrected chi connectivity index (χ1v) is 14.7. The van der Waals surface area contributed by atoms with Crippen LogP contribution in [0.15, 0.2) is 18.2 Å². The van der Waals surface area contributed by atoms with Crippen LogP contribution in [-0.2, 0) is 14.3 Å². The molecule has 222 valence electrons. The Bertz CT molecular complexity index is 923. The summed E-state index contributed by atoms with van der Waals surface area (Å²) in [5.74, 6) is -0.707. The van der Waals surface area contributed by atoms with Gasteiger partial charge in [0.25, 0.3) is 0 Å². The van der Waals surface area contributed by atoms with Crippen molar-refractivity contribution >= 4 is 17.9 Å². The number of nitrogens with zero attached hydrogens (tertiary/aromatic N) is 1. The average Bonchev–Trinajstić information content (AvgIpc) is 2.77. The lowest BCUT2D eigenvalue weighted by Gasteiger charge is -2.38. The average molecular weight is 546 g/mol. The van der Waals surface area contributed by atoms with Crippen molar-refractivity contribution in [2.45, 2.75) is 138 Å². The highest BCUT2D eigenvalue weighted by atomic mass is 16.6. The second kappa shape index (κ2) is 15.3. The zero-order valence-corrected chi connectivity index (χ0v) is 26.5. The van der Waals surface area contributed by atoms with Crippen LogP contribution in [0.5, 0.6) is 0 Å². The van der Waals surface area contributed by atoms with Gasteiger partial charge in [-0.25, -0.2) is 4.79 Å². The predicted molar refractivity (Wildman–Crippen MR) is 160 cm³/mol. The zero-order valence-electron chi connectivity index (χ0n) is 26.5. The van der Waals surface area contributed by atoms with E-state index in [1.165, 1.54) is 12.8 Å². The van der Waals surface area contributed by atoms with E-state index < -0.39 is 29.3 Å². The highest BCUT2D eigenvalue weighted by Crippen LogP contribution is 2.30. The monoisotopic (exact) mass is 545 g/mol. The molecule has 0 aliphatic carbocycles. The molecule has 0 aliphatic heterocycles. The fraction of sp³-hybridized carbons (Fsp3) is 0.719. The van der Waals surface area contributed by atoms with Crippen molar-refractivity contribution in [3.05, 3.63) is 34.9 Å². The molecule has 39 heavy (non-hydrogen) atoms. The van der Waals surface area contributed by atoms with Crippen molar-refractivity contribution in [1.82, 2.24) is 15.5 Å². The van der Waals surface area contributed by atoms with Gasteiger partial charge in [-0.15, -0.1) is 0 Å². The molecule has 2 unspecified atom stereocenters. The first-order chi connectivity index (χ1) is 18.0. The molecule has 0 heterocycles. The first kappa shape index (κ1) is 34.5. The molecule has 0 aliphatic rings. The summed E-state index contributed by atoms with van der Waals surface area (Å²) in [4.78, 5) is 42.7. The SMILES string of the molecule is CCCCCCCCN(C(=O)C(NC(=O)OC(C)(C)C)C(C)C)C(C(=O)NC(C)(C)C)c1c(C)cccc1C. The Labute approximate surface area is 237 Å². The first-order valence-electron chi connectivity index (χ1n) is 14.7. The van der Waals surface area contributed by atoms with E-state index in [0.29, 0.717) is 6.54 Å². The molecule has 0 aromatic heterocycles. The summed E-state index contributed by atoms with van der Waals surface area (Å²) in [6.07, 6.45) is 5.70. The van der Waals surface area contributed by atoms with Gasteiger partial charge in [-0.1, -0.05) is 71.1 Å². The number of alkyl carbamates (subject to hydrolysis) is 1. The molecular formula is C32H55N3O4. The molecule has 0 radical (unpaired) electrons. The number of hydrogen-bond acceptors (Lipinski definition) is 4. The van der Waals surface area contributed by atoms with E-state index in [0.717, 1.165) is 42.4 Å². The number of benzene rings is 1. The molecule has 0 fully saturated rings. The Morgan fingerprint density at radius 3 is 1.92 bits per heavy atom. The van der Waals surface area contributed by atoms with E-state index in [-0.39, 0.29) is 17.7 Å². The third-order valence-electron chi connectivity index (χ3n) is 6.51. The minimum Gasteiger partial charge on any atom is -0.444 e. The Morgan fingerprint density at radius 2 is 1.44 bits per heavy atom. The molecule has 2 N–H and O–H groups in total. The van der Waals surface area contributed by atoms with Crippen LogP contribution in [0.4, 0.5) is 4.79 Å². The maximum Gasteiger partial charge on any atom is 0.408 e. The molecule has 0 saturated heterocycles. The molecule has 2 atom stereocenters. The van der Waals surface area contributed by atoms with Crippen LogP contribution in [-0.4, -0.2) is 46.5 Å². The van der Waals surface area contributed by atoms with Gasteiger partial charge >= 0.3 is 6.09 Å². The quantitative estimate of drug-likeness (QED) is 0.261. The van der Waals surface area contributed by atoms with Crippen LogP contribution in [0.2, 0.25) is 0 Å². The Morgan fingerprint density at radius 1 is 0.897 bits per heavy atom. The lowest BCUT2D eigenvalue weighted by molar-refractivity contribution is -0.144. The molecule has 0 bridgehead atoms. The number of hydrogen-bond donors (Lipinski definition) is 2. The summed E-state index contributed by atoms with van der Waals surface area (Å²) in [7, 11) is 0. The van der Waals surface area contributed by atoms with Crippen molar-refractivity contribution in [3.63, 3.8) is 0 Å². The minimum atomic E-state index is -0.839. The van der Waals surface area contributed by atoms with Crippen molar-refractivity contribution < 1.29 is 19.1 Å². The molecule has 0 saturated carbocycles. The maximum absolute atomic E-state index is 14.3. The lowest BCUT2D eigenvalue weighted by atomic mass is 9.92. The van der Waals surface area contributed by atoms with Gasteiger partial charge < -0.3 is 20.3 Å². The fourth-order valence-electron chi connectivity index (χ4n) is 4.68. The Balaban J connectivity index is 3.55. The van der Waals surface area contributed by atoms with Crippen LogP contribution in [0.3, 0.4) is 0 Å². The van der Waals surface area contributed by atoms with Gasteiger partial charge in [-0.3, -0.25) is 9.59 Å². The van der Waals surface area contributed by atoms with Crippen molar-refractivity contribution in [3.8, 4) is 0 Å². The zero-order chi connectivity index (χ0) is 30.0. The number of unbranched alkanes of at least 4 members (excludes halogenated alkanes) is 5. The summed E-state index contributed by atoms with van der Waals surface area (Å²) in [6, 6.07) is 4.26. The summed E-state index contributed by atoms with van der Waals surface area (Å²) in [6.45, 7) is 21.5. The highest BCUT2D eigenvalue weighted by molar-refractivity contribution is 5.93. The van der Waals surface area contributed by atoms with Crippen LogP contribution in [0.25, 0.3) is 0 Å². The molecule has 0 spiro atoms. The van der Waals surface area contributed by atoms with Crippen molar-refractivity contribution in [2.24, 2.45) is 5.92 Å². The van der Waals surface area contributed by atoms with E-state index in [9.17, 15) is 14.4 Å². The van der Waals surface area contributed by atoms with E-state index in [4.69, 9.17) is 4.74 Å². The van der Waals surface area contributed by atoms with Crippen LogP contribution >= 0.6 is 0 Å². The summed E-state index contributed by atoms with van der Waals surface area (Å²) in [5, 5.41) is 5.93. The molecule has 7 nitrogen and oxygen atoms in total. The summed E-state index contributed by atoms with van der Waals surface area (Å²) < 4.78 is 5.48. The van der Waals surface area contributed by atoms with E-state index >= 15 is 0 Å². The Hall–Kier alpha value is -2.57. The van der Waals surface area contributed by atoms with Gasteiger partial charge in [0.15, 0.2) is 0 Å². The van der Waals surface area contributed by atoms with E-state index in [1.807, 2.05) is 66.7 Å². The van der Waals surface area contributed by atoms with Crippen LogP contribution in [0, 0.1) is 19.8 Å². The number of amides is 3. The number of carbonyl (C=O) groups is 3. The molecule has 1 aromatic rings. The van der Waals surface area contributed by atoms with Gasteiger partial charge in [0.1, 0.15) is 17.7 Å². The number of aryl methyl sites for hydroxylation is 2.